The lowest BCUT2D eigenvalue weighted by atomic mass is 10.0. The SMILES string of the molecule is O=NN([O-])Cc1cccc2ccccc12. The van der Waals surface area contributed by atoms with Gasteiger partial charge in [-0.1, -0.05) is 42.5 Å². The average Bonchev–Trinajstić information content (AvgIpc) is 2.29. The minimum absolute atomic E-state index is 0.00907. The summed E-state index contributed by atoms with van der Waals surface area (Å²) in [5, 5.41) is 15.3. The number of fused-ring (bicyclic) bond motifs is 1. The van der Waals surface area contributed by atoms with Crippen molar-refractivity contribution in [2.24, 2.45) is 5.29 Å². The normalized spacial score (nSPS) is 10.2. The number of nitroso groups, excluding NO2 is 1. The van der Waals surface area contributed by atoms with E-state index >= 15 is 0 Å². The molecule has 0 aromatic heterocycles. The molecule has 2 rings (SSSR count). The van der Waals surface area contributed by atoms with E-state index in [-0.39, 0.29) is 11.7 Å². The Morgan fingerprint density at radius 3 is 2.67 bits per heavy atom. The molecule has 0 amide bonds. The third-order valence-electron chi connectivity index (χ3n) is 2.28. The van der Waals surface area contributed by atoms with Crippen molar-refractivity contribution in [3.63, 3.8) is 0 Å². The molecule has 0 radical (unpaired) electrons. The first kappa shape index (κ1) is 9.61. The van der Waals surface area contributed by atoms with E-state index in [2.05, 4.69) is 5.29 Å². The third kappa shape index (κ3) is 1.94. The largest absolute Gasteiger partial charge is 0.739 e. The Morgan fingerprint density at radius 2 is 1.87 bits per heavy atom. The molecular weight excluding hydrogens is 192 g/mol. The molecule has 0 spiro atoms. The predicted octanol–water partition coefficient (Wildman–Crippen LogP) is 2.82. The molecule has 0 aliphatic carbocycles. The van der Waals surface area contributed by atoms with Crippen LogP contribution < -0.4 is 0 Å². The third-order valence-corrected chi connectivity index (χ3v) is 2.28. The van der Waals surface area contributed by atoms with E-state index in [1.807, 2.05) is 42.5 Å². The Balaban J connectivity index is 2.46. The molecule has 0 bridgehead atoms. The molecule has 0 saturated heterocycles. The first-order chi connectivity index (χ1) is 7.31. The van der Waals surface area contributed by atoms with Crippen molar-refractivity contribution in [2.75, 3.05) is 0 Å². The van der Waals surface area contributed by atoms with E-state index in [9.17, 15) is 10.1 Å². The zero-order chi connectivity index (χ0) is 10.7. The van der Waals surface area contributed by atoms with E-state index in [4.69, 9.17) is 0 Å². The van der Waals surface area contributed by atoms with Crippen molar-refractivity contribution in [1.29, 1.82) is 0 Å². The molecule has 2 aromatic carbocycles. The van der Waals surface area contributed by atoms with Crippen LogP contribution in [0.4, 0.5) is 0 Å². The van der Waals surface area contributed by atoms with Gasteiger partial charge in [0, 0.05) is 5.29 Å². The molecule has 0 aliphatic heterocycles. The van der Waals surface area contributed by atoms with E-state index < -0.39 is 0 Å². The zero-order valence-electron chi connectivity index (χ0n) is 7.96. The summed E-state index contributed by atoms with van der Waals surface area (Å²) in [4.78, 5) is 10.0. The molecule has 2 aromatic rings. The lowest BCUT2D eigenvalue weighted by molar-refractivity contribution is 0.390. The number of rotatable bonds is 3. The molecule has 4 heteroatoms. The van der Waals surface area contributed by atoms with Crippen molar-refractivity contribution in [3.8, 4) is 0 Å². The fraction of sp³-hybridized carbons (Fsp3) is 0.0909. The van der Waals surface area contributed by atoms with Crippen LogP contribution >= 0.6 is 0 Å². The van der Waals surface area contributed by atoms with Gasteiger partial charge in [-0.2, -0.15) is 0 Å². The van der Waals surface area contributed by atoms with Crippen LogP contribution in [0.25, 0.3) is 10.8 Å². The molecule has 0 aliphatic rings. The van der Waals surface area contributed by atoms with Gasteiger partial charge in [0.2, 0.25) is 0 Å². The van der Waals surface area contributed by atoms with Crippen LogP contribution in [0, 0.1) is 10.1 Å². The number of benzene rings is 2. The maximum absolute atomic E-state index is 10.9. The predicted molar refractivity (Wildman–Crippen MR) is 58.7 cm³/mol. The van der Waals surface area contributed by atoms with Crippen molar-refractivity contribution in [2.45, 2.75) is 6.54 Å². The highest BCUT2D eigenvalue weighted by atomic mass is 16.6. The molecule has 76 valence electrons. The maximum atomic E-state index is 10.9. The minimum atomic E-state index is -0.00907. The van der Waals surface area contributed by atoms with Gasteiger partial charge < -0.3 is 10.4 Å². The number of hydrogen-bond donors (Lipinski definition) is 0. The summed E-state index contributed by atoms with van der Waals surface area (Å²) in [6.07, 6.45) is 0. The Labute approximate surface area is 86.7 Å². The van der Waals surface area contributed by atoms with Gasteiger partial charge in [0.15, 0.2) is 0 Å². The van der Waals surface area contributed by atoms with Crippen LogP contribution in [0.2, 0.25) is 0 Å². The molecule has 15 heavy (non-hydrogen) atoms. The van der Waals surface area contributed by atoms with Crippen molar-refractivity contribution >= 4 is 10.8 Å². The average molecular weight is 201 g/mol. The highest BCUT2D eigenvalue weighted by Crippen LogP contribution is 2.19. The summed E-state index contributed by atoms with van der Waals surface area (Å²) in [7, 11) is 0. The van der Waals surface area contributed by atoms with Crippen LogP contribution in [0.3, 0.4) is 0 Å². The fourth-order valence-corrected chi connectivity index (χ4v) is 1.60. The molecule has 0 unspecified atom stereocenters. The topological polar surface area (TPSA) is 55.7 Å². The van der Waals surface area contributed by atoms with Gasteiger partial charge in [-0.25, -0.2) is 0 Å². The molecule has 0 N–H and O–H groups in total. The summed E-state index contributed by atoms with van der Waals surface area (Å²) in [6, 6.07) is 13.3. The highest BCUT2D eigenvalue weighted by Gasteiger charge is 2.00. The summed E-state index contributed by atoms with van der Waals surface area (Å²) in [5.74, 6) is 0. The van der Waals surface area contributed by atoms with E-state index in [1.54, 1.807) is 0 Å². The second kappa shape index (κ2) is 4.06. The van der Waals surface area contributed by atoms with Gasteiger partial charge in [-0.3, -0.25) is 0 Å². The molecule has 0 saturated carbocycles. The van der Waals surface area contributed by atoms with Crippen molar-refractivity contribution in [3.05, 3.63) is 58.1 Å². The van der Waals surface area contributed by atoms with E-state index in [0.29, 0.717) is 0 Å². The van der Waals surface area contributed by atoms with Crippen LogP contribution in [0.1, 0.15) is 5.56 Å². The Bertz CT molecular complexity index is 479. The second-order valence-electron chi connectivity index (χ2n) is 3.23. The summed E-state index contributed by atoms with van der Waals surface area (Å²) in [5.41, 5.74) is 0.808. The smallest absolute Gasteiger partial charge is 0.0526 e. The molecule has 0 fully saturated rings. The van der Waals surface area contributed by atoms with Crippen molar-refractivity contribution < 1.29 is 0 Å². The number of hydrogen-bond acceptors (Lipinski definition) is 3. The van der Waals surface area contributed by atoms with Gasteiger partial charge in [-0.15, -0.1) is 4.91 Å². The van der Waals surface area contributed by atoms with Gasteiger partial charge in [0.05, 0.1) is 6.54 Å². The van der Waals surface area contributed by atoms with Crippen molar-refractivity contribution in [1.82, 2.24) is 5.17 Å². The Hall–Kier alpha value is -1.94. The first-order valence-corrected chi connectivity index (χ1v) is 4.56. The maximum Gasteiger partial charge on any atom is 0.0526 e. The fourth-order valence-electron chi connectivity index (χ4n) is 1.60. The van der Waals surface area contributed by atoms with Crippen LogP contribution in [0.15, 0.2) is 47.8 Å². The van der Waals surface area contributed by atoms with Gasteiger partial charge in [0.25, 0.3) is 0 Å². The molecule has 0 atom stereocenters. The zero-order valence-corrected chi connectivity index (χ0v) is 7.96. The minimum Gasteiger partial charge on any atom is -0.739 e. The Kier molecular flexibility index (Phi) is 2.60. The lowest BCUT2D eigenvalue weighted by Gasteiger charge is -2.20. The standard InChI is InChI=1S/C11H9N2O2/c14-12-13(15)8-10-6-3-5-9-4-1-2-7-11(9)10/h1-7H,8H2/q-1. The number of nitrogens with zero attached hydrogens (tertiary/aromatic N) is 2. The molecular formula is C11H9N2O2-. The van der Waals surface area contributed by atoms with Crippen LogP contribution in [0.5, 0.6) is 0 Å². The monoisotopic (exact) mass is 201 g/mol. The van der Waals surface area contributed by atoms with Gasteiger partial charge in [-0.05, 0) is 16.3 Å². The summed E-state index contributed by atoms with van der Waals surface area (Å²) in [6.45, 7) is -0.00907. The molecule has 0 heterocycles. The van der Waals surface area contributed by atoms with Crippen LogP contribution in [-0.4, -0.2) is 5.17 Å². The summed E-state index contributed by atoms with van der Waals surface area (Å²) >= 11 is 0. The Morgan fingerprint density at radius 1 is 1.13 bits per heavy atom. The van der Waals surface area contributed by atoms with E-state index in [0.717, 1.165) is 16.3 Å². The molecule has 4 nitrogen and oxygen atoms in total. The number of hydroxylamine groups is 1. The van der Waals surface area contributed by atoms with E-state index in [1.165, 1.54) is 0 Å². The van der Waals surface area contributed by atoms with Gasteiger partial charge in [0.1, 0.15) is 0 Å². The lowest BCUT2D eigenvalue weighted by Crippen LogP contribution is -2.06. The quantitative estimate of drug-likeness (QED) is 0.566. The van der Waals surface area contributed by atoms with Crippen LogP contribution in [-0.2, 0) is 6.54 Å². The van der Waals surface area contributed by atoms with Gasteiger partial charge >= 0.3 is 0 Å². The summed E-state index contributed by atoms with van der Waals surface area (Å²) < 4.78 is 0. The highest BCUT2D eigenvalue weighted by molar-refractivity contribution is 5.85. The second-order valence-corrected chi connectivity index (χ2v) is 3.23. The first-order valence-electron chi connectivity index (χ1n) is 4.56.